The van der Waals surface area contributed by atoms with Crippen molar-refractivity contribution in [3.63, 3.8) is 0 Å². The molecule has 0 N–H and O–H groups in total. The highest BCUT2D eigenvalue weighted by Gasteiger charge is 2.33. The van der Waals surface area contributed by atoms with E-state index in [1.807, 2.05) is 49.3 Å². The molecular formula is C23H23F3N2O2S. The molecule has 4 nitrogen and oxygen atoms in total. The zero-order chi connectivity index (χ0) is 22.6. The summed E-state index contributed by atoms with van der Waals surface area (Å²) in [5.41, 5.74) is 1.43. The lowest BCUT2D eigenvalue weighted by Crippen LogP contribution is -2.30. The molecule has 0 bridgehead atoms. The van der Waals surface area contributed by atoms with Crippen molar-refractivity contribution in [2.75, 3.05) is 19.0 Å². The molecule has 0 aliphatic rings. The van der Waals surface area contributed by atoms with Gasteiger partial charge in [-0.2, -0.15) is 17.5 Å². The van der Waals surface area contributed by atoms with E-state index < -0.39 is 21.8 Å². The summed E-state index contributed by atoms with van der Waals surface area (Å²) in [6, 6.07) is 20.2. The highest BCUT2D eigenvalue weighted by Crippen LogP contribution is 2.31. The number of hydrogen-bond donors (Lipinski definition) is 0. The first-order valence-electron chi connectivity index (χ1n) is 9.55. The van der Waals surface area contributed by atoms with Crippen molar-refractivity contribution in [1.82, 2.24) is 4.31 Å². The average molecular weight is 449 g/mol. The average Bonchev–Trinajstić information content (AvgIpc) is 2.74. The third-order valence-corrected chi connectivity index (χ3v) is 6.60. The molecule has 0 heterocycles. The number of anilines is 1. The topological polar surface area (TPSA) is 40.6 Å². The van der Waals surface area contributed by atoms with Gasteiger partial charge in [0.1, 0.15) is 0 Å². The SMILES string of the molecule is CN(C)c1ccc(CN(Cc2ccccc2)S(=O)(=O)c2cccc(C(F)(F)F)c2)cc1. The molecule has 0 atom stereocenters. The normalized spacial score (nSPS) is 12.2. The van der Waals surface area contributed by atoms with E-state index in [0.717, 1.165) is 28.9 Å². The van der Waals surface area contributed by atoms with Crippen LogP contribution >= 0.6 is 0 Å². The number of alkyl halides is 3. The molecule has 31 heavy (non-hydrogen) atoms. The van der Waals surface area contributed by atoms with Crippen LogP contribution in [0.5, 0.6) is 0 Å². The lowest BCUT2D eigenvalue weighted by Gasteiger charge is -2.23. The van der Waals surface area contributed by atoms with Crippen molar-refractivity contribution in [2.45, 2.75) is 24.2 Å². The lowest BCUT2D eigenvalue weighted by atomic mass is 10.2. The van der Waals surface area contributed by atoms with Crippen molar-refractivity contribution >= 4 is 15.7 Å². The maximum atomic E-state index is 13.3. The summed E-state index contributed by atoms with van der Waals surface area (Å²) >= 11 is 0. The van der Waals surface area contributed by atoms with Crippen LogP contribution in [-0.4, -0.2) is 26.8 Å². The summed E-state index contributed by atoms with van der Waals surface area (Å²) in [5, 5.41) is 0. The molecule has 0 radical (unpaired) electrons. The number of hydrogen-bond acceptors (Lipinski definition) is 3. The van der Waals surface area contributed by atoms with Crippen LogP contribution < -0.4 is 4.90 Å². The maximum Gasteiger partial charge on any atom is 0.416 e. The first-order valence-corrected chi connectivity index (χ1v) is 11.0. The predicted molar refractivity (Wildman–Crippen MR) is 115 cm³/mol. The fourth-order valence-corrected chi connectivity index (χ4v) is 4.56. The highest BCUT2D eigenvalue weighted by atomic mass is 32.2. The Morgan fingerprint density at radius 1 is 0.774 bits per heavy atom. The van der Waals surface area contributed by atoms with E-state index in [-0.39, 0.29) is 18.0 Å². The van der Waals surface area contributed by atoms with Crippen molar-refractivity contribution in [3.8, 4) is 0 Å². The lowest BCUT2D eigenvalue weighted by molar-refractivity contribution is -0.137. The van der Waals surface area contributed by atoms with Crippen LogP contribution in [0.2, 0.25) is 0 Å². The largest absolute Gasteiger partial charge is 0.416 e. The minimum atomic E-state index is -4.63. The summed E-state index contributed by atoms with van der Waals surface area (Å²) in [5.74, 6) is 0. The summed E-state index contributed by atoms with van der Waals surface area (Å²) in [6.07, 6.45) is -4.63. The summed E-state index contributed by atoms with van der Waals surface area (Å²) in [6.45, 7) is 0.0655. The van der Waals surface area contributed by atoms with Crippen molar-refractivity contribution in [2.24, 2.45) is 0 Å². The molecule has 0 spiro atoms. The molecule has 3 aromatic carbocycles. The molecule has 0 aromatic heterocycles. The minimum absolute atomic E-state index is 0.0290. The predicted octanol–water partition coefficient (Wildman–Crippen LogP) is 5.16. The molecule has 164 valence electrons. The summed E-state index contributed by atoms with van der Waals surface area (Å²) < 4.78 is 67.3. The number of benzene rings is 3. The fourth-order valence-electron chi connectivity index (χ4n) is 3.10. The van der Waals surface area contributed by atoms with Crippen molar-refractivity contribution in [3.05, 3.63) is 95.6 Å². The Labute approximate surface area is 180 Å². The second-order valence-electron chi connectivity index (χ2n) is 7.35. The highest BCUT2D eigenvalue weighted by molar-refractivity contribution is 7.89. The second-order valence-corrected chi connectivity index (χ2v) is 9.28. The second kappa shape index (κ2) is 9.11. The molecule has 8 heteroatoms. The molecule has 0 amide bonds. The van der Waals surface area contributed by atoms with Crippen LogP contribution in [0.1, 0.15) is 16.7 Å². The number of halogens is 3. The van der Waals surface area contributed by atoms with E-state index in [0.29, 0.717) is 6.07 Å². The fraction of sp³-hybridized carbons (Fsp3) is 0.217. The Morgan fingerprint density at radius 3 is 1.90 bits per heavy atom. The van der Waals surface area contributed by atoms with Gasteiger partial charge in [-0.15, -0.1) is 0 Å². The zero-order valence-electron chi connectivity index (χ0n) is 17.2. The summed E-state index contributed by atoms with van der Waals surface area (Å²) in [4.78, 5) is 1.54. The molecule has 3 aromatic rings. The Kier molecular flexibility index (Phi) is 6.71. The van der Waals surface area contributed by atoms with Crippen molar-refractivity contribution < 1.29 is 21.6 Å². The maximum absolute atomic E-state index is 13.3. The molecule has 0 fully saturated rings. The van der Waals surface area contributed by atoms with Crippen LogP contribution in [-0.2, 0) is 29.3 Å². The van der Waals surface area contributed by atoms with Crippen LogP contribution in [0.4, 0.5) is 18.9 Å². The molecule has 0 aliphatic carbocycles. The number of rotatable bonds is 7. The Bertz CT molecular complexity index is 1110. The van der Waals surface area contributed by atoms with Gasteiger partial charge in [0.25, 0.3) is 0 Å². The molecule has 0 unspecified atom stereocenters. The van der Waals surface area contributed by atoms with Gasteiger partial charge in [-0.1, -0.05) is 48.5 Å². The molecular weight excluding hydrogens is 425 g/mol. The quantitative estimate of drug-likeness (QED) is 0.501. The smallest absolute Gasteiger partial charge is 0.378 e. The van der Waals surface area contributed by atoms with E-state index in [4.69, 9.17) is 0 Å². The standard InChI is InChI=1S/C23H23F3N2O2S/c1-27(2)21-13-11-19(12-14-21)17-28(16-18-7-4-3-5-8-18)31(29,30)22-10-6-9-20(15-22)23(24,25)26/h3-15H,16-17H2,1-2H3. The Hall–Kier alpha value is -2.84. The molecule has 0 saturated heterocycles. The third-order valence-electron chi connectivity index (χ3n) is 4.81. The number of nitrogens with zero attached hydrogens (tertiary/aromatic N) is 2. The van der Waals surface area contributed by atoms with Crippen molar-refractivity contribution in [1.29, 1.82) is 0 Å². The summed E-state index contributed by atoms with van der Waals surface area (Å²) in [7, 11) is -0.389. The van der Waals surface area contributed by atoms with Crippen LogP contribution in [0.25, 0.3) is 0 Å². The van der Waals surface area contributed by atoms with E-state index >= 15 is 0 Å². The molecule has 0 aliphatic heterocycles. The molecule has 3 rings (SSSR count). The van der Waals surface area contributed by atoms with Gasteiger partial charge in [0.05, 0.1) is 10.5 Å². The van der Waals surface area contributed by atoms with Gasteiger partial charge in [0.15, 0.2) is 0 Å². The zero-order valence-corrected chi connectivity index (χ0v) is 18.0. The van der Waals surface area contributed by atoms with Crippen LogP contribution in [0.15, 0.2) is 83.8 Å². The third kappa shape index (κ3) is 5.65. The first-order chi connectivity index (χ1) is 14.6. The monoisotopic (exact) mass is 448 g/mol. The van der Waals surface area contributed by atoms with Gasteiger partial charge >= 0.3 is 6.18 Å². The molecule has 0 saturated carbocycles. The van der Waals surface area contributed by atoms with Gasteiger partial charge in [-0.25, -0.2) is 8.42 Å². The van der Waals surface area contributed by atoms with Gasteiger partial charge in [0.2, 0.25) is 10.0 Å². The van der Waals surface area contributed by atoms with E-state index in [2.05, 4.69) is 0 Å². The van der Waals surface area contributed by atoms with Crippen LogP contribution in [0, 0.1) is 0 Å². The van der Waals surface area contributed by atoms with E-state index in [1.165, 1.54) is 10.4 Å². The van der Waals surface area contributed by atoms with E-state index in [9.17, 15) is 21.6 Å². The number of sulfonamides is 1. The van der Waals surface area contributed by atoms with E-state index in [1.54, 1.807) is 24.3 Å². The van der Waals surface area contributed by atoms with Gasteiger partial charge in [-0.05, 0) is 41.5 Å². The van der Waals surface area contributed by atoms with Crippen LogP contribution in [0.3, 0.4) is 0 Å². The Morgan fingerprint density at radius 2 is 1.35 bits per heavy atom. The van der Waals surface area contributed by atoms with Gasteiger partial charge < -0.3 is 4.90 Å². The van der Waals surface area contributed by atoms with Gasteiger partial charge in [-0.3, -0.25) is 0 Å². The van der Waals surface area contributed by atoms with Gasteiger partial charge in [0, 0.05) is 32.9 Å². The first kappa shape index (κ1) is 22.8. The Balaban J connectivity index is 1.98. The minimum Gasteiger partial charge on any atom is -0.378 e.